The fraction of sp³-hybridized carbons (Fsp3) is 0.714. The minimum atomic E-state index is -1.56. The Labute approximate surface area is 129 Å². The molecule has 8 nitrogen and oxygen atoms in total. The molecule has 126 valence electrons. The third kappa shape index (κ3) is 6.55. The number of carbonyl (C=O) groups excluding carboxylic acids is 3. The SMILES string of the molecule is CCOC(=O)C[C@@H](C(=O)OCC)[C@@H](NC(=O)C(C)C)C(=O)O. The van der Waals surface area contributed by atoms with Crippen LogP contribution < -0.4 is 5.32 Å². The van der Waals surface area contributed by atoms with E-state index in [4.69, 9.17) is 9.47 Å². The molecule has 0 spiro atoms. The van der Waals surface area contributed by atoms with Crippen molar-refractivity contribution in [2.24, 2.45) is 11.8 Å². The van der Waals surface area contributed by atoms with Gasteiger partial charge in [0.05, 0.1) is 25.6 Å². The van der Waals surface area contributed by atoms with Gasteiger partial charge in [-0.1, -0.05) is 13.8 Å². The van der Waals surface area contributed by atoms with E-state index in [0.717, 1.165) is 0 Å². The number of amides is 1. The second-order valence-corrected chi connectivity index (χ2v) is 4.85. The number of hydrogen-bond acceptors (Lipinski definition) is 6. The van der Waals surface area contributed by atoms with Crippen molar-refractivity contribution in [2.75, 3.05) is 13.2 Å². The molecule has 0 aromatic heterocycles. The van der Waals surface area contributed by atoms with E-state index in [1.165, 1.54) is 0 Å². The Morgan fingerprint density at radius 3 is 2.00 bits per heavy atom. The van der Waals surface area contributed by atoms with Gasteiger partial charge in [0.2, 0.25) is 5.91 Å². The lowest BCUT2D eigenvalue weighted by molar-refractivity contribution is -0.160. The zero-order valence-electron chi connectivity index (χ0n) is 13.3. The molecular formula is C14H23NO7. The lowest BCUT2D eigenvalue weighted by Gasteiger charge is -2.23. The molecule has 2 atom stereocenters. The van der Waals surface area contributed by atoms with Crippen LogP contribution in [0.1, 0.15) is 34.1 Å². The molecule has 0 saturated heterocycles. The lowest BCUT2D eigenvalue weighted by Crippen LogP contribution is -2.50. The lowest BCUT2D eigenvalue weighted by atomic mass is 9.95. The number of ether oxygens (including phenoxy) is 2. The summed E-state index contributed by atoms with van der Waals surface area (Å²) in [7, 11) is 0. The van der Waals surface area contributed by atoms with Crippen LogP contribution in [-0.4, -0.2) is 48.2 Å². The zero-order valence-corrected chi connectivity index (χ0v) is 13.3. The number of hydrogen-bond donors (Lipinski definition) is 2. The van der Waals surface area contributed by atoms with E-state index in [9.17, 15) is 24.3 Å². The molecule has 0 unspecified atom stereocenters. The third-order valence-electron chi connectivity index (χ3n) is 2.77. The number of carbonyl (C=O) groups is 4. The van der Waals surface area contributed by atoms with Crippen LogP contribution in [0.2, 0.25) is 0 Å². The van der Waals surface area contributed by atoms with Crippen LogP contribution >= 0.6 is 0 Å². The summed E-state index contributed by atoms with van der Waals surface area (Å²) in [6.45, 7) is 6.44. The van der Waals surface area contributed by atoms with Gasteiger partial charge in [-0.2, -0.15) is 0 Å². The Morgan fingerprint density at radius 2 is 1.59 bits per heavy atom. The summed E-state index contributed by atoms with van der Waals surface area (Å²) in [5.41, 5.74) is 0. The minimum absolute atomic E-state index is 0.0304. The molecule has 22 heavy (non-hydrogen) atoms. The average Bonchev–Trinajstić information content (AvgIpc) is 2.42. The number of esters is 2. The summed E-state index contributed by atoms with van der Waals surface area (Å²) in [5.74, 6) is -5.37. The first-order valence-electron chi connectivity index (χ1n) is 7.09. The Kier molecular flexibility index (Phi) is 8.81. The molecule has 0 saturated carbocycles. The second kappa shape index (κ2) is 9.75. The monoisotopic (exact) mass is 317 g/mol. The molecule has 0 aromatic carbocycles. The summed E-state index contributed by atoms with van der Waals surface area (Å²) in [4.78, 5) is 46.6. The molecule has 0 rings (SSSR count). The van der Waals surface area contributed by atoms with Gasteiger partial charge in [0, 0.05) is 5.92 Å². The molecule has 2 N–H and O–H groups in total. The second-order valence-electron chi connectivity index (χ2n) is 4.85. The number of aliphatic carboxylic acids is 1. The highest BCUT2D eigenvalue weighted by Gasteiger charge is 2.38. The fourth-order valence-electron chi connectivity index (χ4n) is 1.64. The van der Waals surface area contributed by atoms with E-state index in [2.05, 4.69) is 5.32 Å². The topological polar surface area (TPSA) is 119 Å². The van der Waals surface area contributed by atoms with Crippen molar-refractivity contribution < 1.29 is 33.8 Å². The molecule has 0 aliphatic carbocycles. The predicted octanol–water partition coefficient (Wildman–Crippen LogP) is 0.344. The average molecular weight is 317 g/mol. The Morgan fingerprint density at radius 1 is 1.05 bits per heavy atom. The highest BCUT2D eigenvalue weighted by molar-refractivity contribution is 5.91. The van der Waals surface area contributed by atoms with Crippen LogP contribution in [0.15, 0.2) is 0 Å². The van der Waals surface area contributed by atoms with Gasteiger partial charge >= 0.3 is 17.9 Å². The van der Waals surface area contributed by atoms with E-state index < -0.39 is 48.1 Å². The van der Waals surface area contributed by atoms with Gasteiger partial charge in [0.1, 0.15) is 6.04 Å². The van der Waals surface area contributed by atoms with Crippen molar-refractivity contribution in [2.45, 2.75) is 40.2 Å². The van der Waals surface area contributed by atoms with E-state index >= 15 is 0 Å². The van der Waals surface area contributed by atoms with Crippen molar-refractivity contribution >= 4 is 23.8 Å². The van der Waals surface area contributed by atoms with Crippen molar-refractivity contribution in [1.82, 2.24) is 5.32 Å². The maximum Gasteiger partial charge on any atom is 0.327 e. The molecule has 0 fully saturated rings. The first kappa shape index (κ1) is 19.9. The van der Waals surface area contributed by atoms with Crippen molar-refractivity contribution in [1.29, 1.82) is 0 Å². The number of carboxylic acid groups (broad SMARTS) is 1. The van der Waals surface area contributed by atoms with Gasteiger partial charge in [-0.3, -0.25) is 14.4 Å². The molecule has 8 heteroatoms. The van der Waals surface area contributed by atoms with Crippen molar-refractivity contribution in [3.05, 3.63) is 0 Å². The summed E-state index contributed by atoms with van der Waals surface area (Å²) < 4.78 is 9.53. The van der Waals surface area contributed by atoms with Gasteiger partial charge in [-0.15, -0.1) is 0 Å². The van der Waals surface area contributed by atoms with Gasteiger partial charge in [0.25, 0.3) is 0 Å². The van der Waals surface area contributed by atoms with Gasteiger partial charge in [-0.05, 0) is 13.8 Å². The summed E-state index contributed by atoms with van der Waals surface area (Å²) in [5, 5.41) is 11.5. The molecule has 0 radical (unpaired) electrons. The molecular weight excluding hydrogens is 294 g/mol. The van der Waals surface area contributed by atoms with Crippen LogP contribution in [0.5, 0.6) is 0 Å². The number of carboxylic acids is 1. The predicted molar refractivity (Wildman–Crippen MR) is 75.8 cm³/mol. The van der Waals surface area contributed by atoms with Crippen LogP contribution in [0, 0.1) is 11.8 Å². The zero-order chi connectivity index (χ0) is 17.3. The Bertz CT molecular complexity index is 419. The van der Waals surface area contributed by atoms with Crippen LogP contribution in [-0.2, 0) is 28.7 Å². The number of rotatable bonds is 9. The third-order valence-corrected chi connectivity index (χ3v) is 2.77. The Balaban J connectivity index is 5.27. The number of nitrogens with one attached hydrogen (secondary N) is 1. The van der Waals surface area contributed by atoms with Crippen LogP contribution in [0.3, 0.4) is 0 Å². The van der Waals surface area contributed by atoms with E-state index in [-0.39, 0.29) is 13.2 Å². The van der Waals surface area contributed by atoms with Crippen LogP contribution in [0.4, 0.5) is 0 Å². The molecule has 0 aromatic rings. The molecule has 0 aliphatic heterocycles. The maximum absolute atomic E-state index is 11.9. The smallest absolute Gasteiger partial charge is 0.327 e. The molecule has 0 heterocycles. The van der Waals surface area contributed by atoms with E-state index in [1.807, 2.05) is 0 Å². The Hall–Kier alpha value is -2.12. The highest BCUT2D eigenvalue weighted by atomic mass is 16.5. The van der Waals surface area contributed by atoms with Gasteiger partial charge in [0.15, 0.2) is 0 Å². The first-order chi connectivity index (χ1) is 10.2. The molecule has 0 bridgehead atoms. The minimum Gasteiger partial charge on any atom is -0.480 e. The molecule has 1 amide bonds. The van der Waals surface area contributed by atoms with E-state index in [0.29, 0.717) is 0 Å². The molecule has 0 aliphatic rings. The van der Waals surface area contributed by atoms with Crippen molar-refractivity contribution in [3.63, 3.8) is 0 Å². The quantitative estimate of drug-likeness (QED) is 0.589. The largest absolute Gasteiger partial charge is 0.480 e. The van der Waals surface area contributed by atoms with Gasteiger partial charge < -0.3 is 19.9 Å². The van der Waals surface area contributed by atoms with Crippen molar-refractivity contribution in [3.8, 4) is 0 Å². The van der Waals surface area contributed by atoms with Crippen LogP contribution in [0.25, 0.3) is 0 Å². The summed E-state index contributed by atoms with van der Waals surface area (Å²) >= 11 is 0. The fourth-order valence-corrected chi connectivity index (χ4v) is 1.64. The first-order valence-corrected chi connectivity index (χ1v) is 7.09. The normalized spacial score (nSPS) is 13.1. The van der Waals surface area contributed by atoms with E-state index in [1.54, 1.807) is 27.7 Å². The summed E-state index contributed by atoms with van der Waals surface area (Å²) in [6, 6.07) is -1.56. The highest BCUT2D eigenvalue weighted by Crippen LogP contribution is 2.14. The maximum atomic E-state index is 11.9. The summed E-state index contributed by atoms with van der Waals surface area (Å²) in [6.07, 6.45) is -0.484. The standard InChI is InChI=1S/C14H23NO7/c1-5-21-10(16)7-9(14(20)22-6-2)11(13(18)19)15-12(17)8(3)4/h8-9,11H,5-7H2,1-4H3,(H,15,17)(H,18,19)/t9-,11-/m1/s1. The van der Waals surface area contributed by atoms with Gasteiger partial charge in [-0.25, -0.2) is 4.79 Å².